The molecular weight excluding hydrogens is 1110 g/mol. The van der Waals surface area contributed by atoms with E-state index in [0.717, 1.165) is 70.6 Å². The number of allylic oxidation sites excluding steroid dienone is 5. The van der Waals surface area contributed by atoms with Crippen LogP contribution >= 0.6 is 0 Å². The molecule has 524 valence electrons. The molecule has 0 radical (unpaired) electrons. The Morgan fingerprint density at radius 1 is 0.438 bits per heavy atom. The molecule has 1 amide bonds. The molecule has 1 heterocycles. The second kappa shape index (κ2) is 65.9. The highest BCUT2D eigenvalue weighted by atomic mass is 16.7. The highest BCUT2D eigenvalue weighted by molar-refractivity contribution is 5.80. The van der Waals surface area contributed by atoms with Gasteiger partial charge in [0.05, 0.1) is 25.4 Å². The van der Waals surface area contributed by atoms with Gasteiger partial charge in [0.1, 0.15) is 24.4 Å². The fraction of sp³-hybridized carbons (Fsp3) is 0.897. The molecule has 0 aromatic rings. The second-order valence-corrected chi connectivity index (χ2v) is 27.1. The van der Waals surface area contributed by atoms with Crippen molar-refractivity contribution in [1.29, 1.82) is 0 Å². The number of carbonyl (C=O) groups is 2. The van der Waals surface area contributed by atoms with E-state index in [4.69, 9.17) is 14.2 Å². The summed E-state index contributed by atoms with van der Waals surface area (Å²) in [5, 5.41) is 57.4. The second-order valence-electron chi connectivity index (χ2n) is 27.1. The minimum absolute atomic E-state index is 0.130. The van der Waals surface area contributed by atoms with Crippen molar-refractivity contribution in [3.63, 3.8) is 0 Å². The Labute approximate surface area is 549 Å². The topological polar surface area (TPSA) is 175 Å². The Bertz CT molecular complexity index is 1590. The number of aliphatic hydroxyl groups excluding tert-OH is 5. The van der Waals surface area contributed by atoms with Crippen molar-refractivity contribution in [2.75, 3.05) is 13.2 Å². The van der Waals surface area contributed by atoms with Gasteiger partial charge in [-0.3, -0.25) is 9.59 Å². The number of amides is 1. The summed E-state index contributed by atoms with van der Waals surface area (Å²) in [6.45, 7) is 5.84. The van der Waals surface area contributed by atoms with Crippen LogP contribution in [0, 0.1) is 0 Å². The summed E-state index contributed by atoms with van der Waals surface area (Å²) in [6.07, 6.45) is 72.0. The summed E-state index contributed by atoms with van der Waals surface area (Å²) in [4.78, 5) is 26.7. The van der Waals surface area contributed by atoms with Gasteiger partial charge in [-0.05, 0) is 57.8 Å². The molecule has 0 aromatic heterocycles. The molecule has 8 atom stereocenters. The third-order valence-electron chi connectivity index (χ3n) is 18.5. The lowest BCUT2D eigenvalue weighted by atomic mass is 9.99. The largest absolute Gasteiger partial charge is 0.454 e. The third-order valence-corrected chi connectivity index (χ3v) is 18.5. The lowest BCUT2D eigenvalue weighted by Crippen LogP contribution is -2.61. The number of hydrogen-bond acceptors (Lipinski definition) is 10. The maximum absolute atomic E-state index is 13.5. The molecule has 1 saturated heterocycles. The molecule has 6 N–H and O–H groups in total. The standard InChI is InChI=1S/C78H147NO10/c1-4-7-10-13-16-19-22-25-27-29-31-33-34-35-36-37-38-39-41-43-45-48-51-54-57-60-63-66-73(83)89-76-75(85)74(84)72(67-80)88-78(76)87-68-69(70(81)64-61-58-55-52-49-46-24-21-18-15-12-9-6-3)79-77(86)71(82)65-62-59-56-53-50-47-44-42-40-32-30-28-26-23-20-17-14-11-8-5-2/h17,20,26,28,61,64,69-72,74-76,78,80-82,84-85H,4-16,18-19,21-25,27,29-60,62-63,65-68H2,1-3H3,(H,79,86)/b20-17-,28-26-,64-61+. The normalized spacial score (nSPS) is 18.2. The van der Waals surface area contributed by atoms with Gasteiger partial charge in [-0.25, -0.2) is 0 Å². The Balaban J connectivity index is 2.51. The van der Waals surface area contributed by atoms with Crippen LogP contribution in [0.5, 0.6) is 0 Å². The maximum Gasteiger partial charge on any atom is 0.306 e. The van der Waals surface area contributed by atoms with Crippen molar-refractivity contribution in [3.8, 4) is 0 Å². The number of rotatable bonds is 68. The quantitative estimate of drug-likeness (QED) is 0.0195. The van der Waals surface area contributed by atoms with Gasteiger partial charge in [-0.1, -0.05) is 359 Å². The van der Waals surface area contributed by atoms with E-state index in [1.807, 2.05) is 6.08 Å². The van der Waals surface area contributed by atoms with Gasteiger partial charge < -0.3 is 45.1 Å². The van der Waals surface area contributed by atoms with E-state index < -0.39 is 67.4 Å². The van der Waals surface area contributed by atoms with Crippen molar-refractivity contribution < 1.29 is 49.3 Å². The summed E-state index contributed by atoms with van der Waals surface area (Å²) in [6, 6.07) is -1.02. The average molecular weight is 1260 g/mol. The molecule has 0 bridgehead atoms. The minimum atomic E-state index is -1.61. The van der Waals surface area contributed by atoms with Crippen LogP contribution in [0.4, 0.5) is 0 Å². The number of aliphatic hydroxyl groups is 5. The van der Waals surface area contributed by atoms with Crippen LogP contribution in [0.3, 0.4) is 0 Å². The molecular formula is C78H147NO10. The molecule has 11 heteroatoms. The molecule has 0 aromatic carbocycles. The molecule has 0 aliphatic carbocycles. The fourth-order valence-corrected chi connectivity index (χ4v) is 12.5. The Kier molecular flexibility index (Phi) is 62.9. The van der Waals surface area contributed by atoms with Crippen LogP contribution in [0.25, 0.3) is 0 Å². The SMILES string of the molecule is CCCCC/C=C\C/C=C\CCCCCCCCCCCCC(O)C(=O)NC(COC1OC(CO)C(O)C(O)C1OC(=O)CCCCCCCCCCCCCCCCCCCCCCCCCCCCC)C(O)/C=C/CCCCCCCCCCCCC. The van der Waals surface area contributed by atoms with Crippen LogP contribution in [-0.4, -0.2) is 99.6 Å². The first-order chi connectivity index (χ1) is 43.7. The van der Waals surface area contributed by atoms with Gasteiger partial charge in [0.2, 0.25) is 5.91 Å². The zero-order valence-electron chi connectivity index (χ0n) is 58.6. The lowest BCUT2D eigenvalue weighted by molar-refractivity contribution is -0.305. The first-order valence-corrected chi connectivity index (χ1v) is 38.8. The molecule has 0 spiro atoms. The van der Waals surface area contributed by atoms with Gasteiger partial charge in [0.15, 0.2) is 12.4 Å². The average Bonchev–Trinajstić information content (AvgIpc) is 3.14. The lowest BCUT2D eigenvalue weighted by Gasteiger charge is -2.41. The third kappa shape index (κ3) is 52.9. The van der Waals surface area contributed by atoms with E-state index >= 15 is 0 Å². The predicted octanol–water partition coefficient (Wildman–Crippen LogP) is 20.5. The van der Waals surface area contributed by atoms with Gasteiger partial charge in [0, 0.05) is 6.42 Å². The van der Waals surface area contributed by atoms with Crippen molar-refractivity contribution >= 4 is 11.9 Å². The van der Waals surface area contributed by atoms with Gasteiger partial charge in [0.25, 0.3) is 0 Å². The van der Waals surface area contributed by atoms with E-state index in [1.54, 1.807) is 6.08 Å². The first kappa shape index (κ1) is 84.9. The predicted molar refractivity (Wildman–Crippen MR) is 375 cm³/mol. The number of esters is 1. The molecule has 8 unspecified atom stereocenters. The molecule has 89 heavy (non-hydrogen) atoms. The van der Waals surface area contributed by atoms with Gasteiger partial charge in [-0.15, -0.1) is 0 Å². The zero-order valence-corrected chi connectivity index (χ0v) is 58.6. The van der Waals surface area contributed by atoms with Crippen LogP contribution in [0.1, 0.15) is 387 Å². The van der Waals surface area contributed by atoms with Crippen molar-refractivity contribution in [1.82, 2.24) is 5.32 Å². The van der Waals surface area contributed by atoms with Gasteiger partial charge >= 0.3 is 5.97 Å². The molecule has 1 fully saturated rings. The number of hydrogen-bond donors (Lipinski definition) is 6. The van der Waals surface area contributed by atoms with Crippen molar-refractivity contribution in [2.45, 2.75) is 436 Å². The monoisotopic (exact) mass is 1260 g/mol. The molecule has 0 saturated carbocycles. The maximum atomic E-state index is 13.5. The molecule has 1 aliphatic heterocycles. The van der Waals surface area contributed by atoms with Crippen LogP contribution in [-0.2, 0) is 23.8 Å². The van der Waals surface area contributed by atoms with E-state index in [1.165, 1.54) is 270 Å². The van der Waals surface area contributed by atoms with E-state index in [0.29, 0.717) is 19.3 Å². The Morgan fingerprint density at radius 3 is 1.17 bits per heavy atom. The number of ether oxygens (including phenoxy) is 3. The summed E-state index contributed by atoms with van der Waals surface area (Å²) in [7, 11) is 0. The van der Waals surface area contributed by atoms with Crippen molar-refractivity contribution in [2.24, 2.45) is 0 Å². The summed E-state index contributed by atoms with van der Waals surface area (Å²) >= 11 is 0. The summed E-state index contributed by atoms with van der Waals surface area (Å²) in [5.74, 6) is -1.18. The number of carbonyl (C=O) groups excluding carboxylic acids is 2. The van der Waals surface area contributed by atoms with E-state index in [2.05, 4.69) is 50.4 Å². The van der Waals surface area contributed by atoms with Crippen LogP contribution in [0.2, 0.25) is 0 Å². The van der Waals surface area contributed by atoms with Crippen LogP contribution in [0.15, 0.2) is 36.5 Å². The zero-order chi connectivity index (χ0) is 64.6. The number of nitrogens with one attached hydrogen (secondary N) is 1. The molecule has 11 nitrogen and oxygen atoms in total. The molecule has 1 aliphatic rings. The van der Waals surface area contributed by atoms with E-state index in [-0.39, 0.29) is 13.0 Å². The summed E-state index contributed by atoms with van der Waals surface area (Å²) in [5.41, 5.74) is 0. The van der Waals surface area contributed by atoms with Crippen LogP contribution < -0.4 is 5.32 Å². The van der Waals surface area contributed by atoms with Gasteiger partial charge in [-0.2, -0.15) is 0 Å². The Morgan fingerprint density at radius 2 is 0.775 bits per heavy atom. The Hall–Kier alpha value is -2.12. The highest BCUT2D eigenvalue weighted by Gasteiger charge is 2.47. The highest BCUT2D eigenvalue weighted by Crippen LogP contribution is 2.27. The summed E-state index contributed by atoms with van der Waals surface area (Å²) < 4.78 is 17.8. The molecule has 1 rings (SSSR count). The number of unbranched alkanes of at least 4 members (excludes halogenated alkanes) is 50. The van der Waals surface area contributed by atoms with E-state index in [9.17, 15) is 35.1 Å². The van der Waals surface area contributed by atoms with Crippen molar-refractivity contribution in [3.05, 3.63) is 36.5 Å². The minimum Gasteiger partial charge on any atom is -0.454 e. The first-order valence-electron chi connectivity index (χ1n) is 38.8. The fourth-order valence-electron chi connectivity index (χ4n) is 12.5. The smallest absolute Gasteiger partial charge is 0.306 e.